The number of methoxy groups -OCH3 is 1. The van der Waals surface area contributed by atoms with Gasteiger partial charge in [-0.05, 0) is 49.4 Å². The van der Waals surface area contributed by atoms with Crippen molar-refractivity contribution in [3.63, 3.8) is 0 Å². The van der Waals surface area contributed by atoms with E-state index in [1.807, 2.05) is 0 Å². The SMILES string of the molecule is COc1ccc(OCC(=O)N2CCC[C@H]([C@@H]3C[C@H](C(F)(F)F)n4ncnc4N3)C2)cc1. The first-order chi connectivity index (χ1) is 14.8. The van der Waals surface area contributed by atoms with Crippen LogP contribution in [0.25, 0.3) is 0 Å². The van der Waals surface area contributed by atoms with E-state index in [0.29, 0.717) is 24.6 Å². The summed E-state index contributed by atoms with van der Waals surface area (Å²) < 4.78 is 52.2. The highest BCUT2D eigenvalue weighted by Gasteiger charge is 2.48. The smallest absolute Gasteiger partial charge is 0.411 e. The molecule has 3 atom stereocenters. The maximum atomic E-state index is 13.5. The minimum Gasteiger partial charge on any atom is -0.497 e. The molecule has 3 heterocycles. The monoisotopic (exact) mass is 439 g/mol. The minimum absolute atomic E-state index is 0.116. The van der Waals surface area contributed by atoms with Crippen LogP contribution in [-0.4, -0.2) is 64.6 Å². The Morgan fingerprint density at radius 2 is 2.00 bits per heavy atom. The lowest BCUT2D eigenvalue weighted by molar-refractivity contribution is -0.175. The van der Waals surface area contributed by atoms with E-state index < -0.39 is 18.3 Å². The number of piperidine rings is 1. The predicted molar refractivity (Wildman–Crippen MR) is 105 cm³/mol. The van der Waals surface area contributed by atoms with Crippen LogP contribution in [0.1, 0.15) is 25.3 Å². The first-order valence-electron chi connectivity index (χ1n) is 10.1. The first-order valence-corrected chi connectivity index (χ1v) is 10.1. The van der Waals surface area contributed by atoms with Gasteiger partial charge in [-0.15, -0.1) is 0 Å². The first kappa shape index (κ1) is 21.3. The van der Waals surface area contributed by atoms with Crippen molar-refractivity contribution in [2.45, 2.75) is 37.5 Å². The largest absolute Gasteiger partial charge is 0.497 e. The van der Waals surface area contributed by atoms with Crippen molar-refractivity contribution in [3.8, 4) is 11.5 Å². The zero-order valence-corrected chi connectivity index (χ0v) is 17.0. The van der Waals surface area contributed by atoms with Gasteiger partial charge < -0.3 is 19.7 Å². The number of alkyl halides is 3. The Bertz CT molecular complexity index is 902. The number of carbonyl (C=O) groups excluding carboxylic acids is 1. The Kier molecular flexibility index (Phi) is 5.92. The van der Waals surface area contributed by atoms with Gasteiger partial charge in [-0.1, -0.05) is 0 Å². The number of amides is 1. The highest BCUT2D eigenvalue weighted by molar-refractivity contribution is 5.77. The molecule has 31 heavy (non-hydrogen) atoms. The lowest BCUT2D eigenvalue weighted by Gasteiger charge is -2.41. The van der Waals surface area contributed by atoms with Gasteiger partial charge >= 0.3 is 6.18 Å². The summed E-state index contributed by atoms with van der Waals surface area (Å²) in [5.74, 6) is 1.04. The van der Waals surface area contributed by atoms with Crippen LogP contribution >= 0.6 is 0 Å². The van der Waals surface area contributed by atoms with Crippen molar-refractivity contribution in [1.29, 1.82) is 0 Å². The number of fused-ring (bicyclic) bond motifs is 1. The van der Waals surface area contributed by atoms with E-state index in [4.69, 9.17) is 9.47 Å². The zero-order valence-electron chi connectivity index (χ0n) is 17.0. The molecule has 168 valence electrons. The maximum absolute atomic E-state index is 13.5. The van der Waals surface area contributed by atoms with Crippen LogP contribution in [0.4, 0.5) is 19.1 Å². The van der Waals surface area contributed by atoms with Gasteiger partial charge in [0, 0.05) is 19.1 Å². The van der Waals surface area contributed by atoms with Crippen molar-refractivity contribution in [2.24, 2.45) is 5.92 Å². The number of hydrogen-bond donors (Lipinski definition) is 1. The highest BCUT2D eigenvalue weighted by atomic mass is 19.4. The molecule has 0 spiro atoms. The topological polar surface area (TPSA) is 81.5 Å². The number of carbonyl (C=O) groups is 1. The normalized spacial score (nSPS) is 23.6. The average molecular weight is 439 g/mol. The van der Waals surface area contributed by atoms with Gasteiger partial charge in [-0.25, -0.2) is 4.68 Å². The molecular weight excluding hydrogens is 415 g/mol. The van der Waals surface area contributed by atoms with Crippen molar-refractivity contribution < 1.29 is 27.4 Å². The van der Waals surface area contributed by atoms with Crippen LogP contribution in [0.2, 0.25) is 0 Å². The standard InChI is InChI=1S/C20H24F3N5O3/c1-30-14-4-6-15(7-5-14)31-11-18(29)27-8-2-3-13(10-27)16-9-17(20(21,22)23)28-19(26-16)24-12-25-28/h4-7,12-13,16-17H,2-3,8-11H2,1H3,(H,24,25,26)/t13-,16-,17+/m0/s1. The molecular formula is C20H24F3N5O3. The summed E-state index contributed by atoms with van der Waals surface area (Å²) in [6.45, 7) is 0.810. The Balaban J connectivity index is 1.37. The van der Waals surface area contributed by atoms with Crippen molar-refractivity contribution in [2.75, 3.05) is 32.1 Å². The second kappa shape index (κ2) is 8.64. The summed E-state index contributed by atoms with van der Waals surface area (Å²) in [4.78, 5) is 18.2. The molecule has 0 aliphatic carbocycles. The Labute approximate surface area is 177 Å². The fourth-order valence-corrected chi connectivity index (χ4v) is 4.20. The number of nitrogens with zero attached hydrogens (tertiary/aromatic N) is 4. The van der Waals surface area contributed by atoms with Crippen molar-refractivity contribution in [1.82, 2.24) is 19.7 Å². The molecule has 0 bridgehead atoms. The van der Waals surface area contributed by atoms with Gasteiger partial charge in [-0.2, -0.15) is 23.3 Å². The quantitative estimate of drug-likeness (QED) is 0.772. The summed E-state index contributed by atoms with van der Waals surface area (Å²) in [5.41, 5.74) is 0. The van der Waals surface area contributed by atoms with Gasteiger partial charge in [0.1, 0.15) is 17.8 Å². The summed E-state index contributed by atoms with van der Waals surface area (Å²) >= 11 is 0. The molecule has 1 aromatic heterocycles. The van der Waals surface area contributed by atoms with Crippen LogP contribution in [0.15, 0.2) is 30.6 Å². The highest BCUT2D eigenvalue weighted by Crippen LogP contribution is 2.40. The second-order valence-electron chi connectivity index (χ2n) is 7.78. The van der Waals surface area contributed by atoms with Gasteiger partial charge in [0.15, 0.2) is 12.6 Å². The van der Waals surface area contributed by atoms with Crippen LogP contribution in [0.3, 0.4) is 0 Å². The summed E-state index contributed by atoms with van der Waals surface area (Å²) in [6.07, 6.45) is -1.98. The Morgan fingerprint density at radius 3 is 2.71 bits per heavy atom. The molecule has 2 aliphatic heterocycles. The number of nitrogens with one attached hydrogen (secondary N) is 1. The molecule has 1 saturated heterocycles. The third kappa shape index (κ3) is 4.70. The number of ether oxygens (including phenoxy) is 2. The maximum Gasteiger partial charge on any atom is 0.411 e. The molecule has 2 aliphatic rings. The van der Waals surface area contributed by atoms with Gasteiger partial charge in [0.05, 0.1) is 7.11 Å². The molecule has 8 nitrogen and oxygen atoms in total. The molecule has 1 N–H and O–H groups in total. The molecule has 0 unspecified atom stereocenters. The van der Waals surface area contributed by atoms with E-state index in [0.717, 1.165) is 23.9 Å². The number of anilines is 1. The lowest BCUT2D eigenvalue weighted by atomic mass is 9.86. The summed E-state index contributed by atoms with van der Waals surface area (Å²) in [6, 6.07) is 4.74. The van der Waals surface area contributed by atoms with Crippen LogP contribution < -0.4 is 14.8 Å². The average Bonchev–Trinajstić information content (AvgIpc) is 3.25. The fourth-order valence-electron chi connectivity index (χ4n) is 4.20. The Morgan fingerprint density at radius 1 is 1.26 bits per heavy atom. The van der Waals surface area contributed by atoms with Gasteiger partial charge in [-0.3, -0.25) is 4.79 Å². The number of hydrogen-bond acceptors (Lipinski definition) is 6. The number of benzene rings is 1. The van der Waals surface area contributed by atoms with Gasteiger partial charge in [0.2, 0.25) is 5.95 Å². The second-order valence-corrected chi connectivity index (χ2v) is 7.78. The number of likely N-dealkylation sites (tertiary alicyclic amines) is 1. The van der Waals surface area contributed by atoms with Crippen molar-refractivity contribution in [3.05, 3.63) is 30.6 Å². The summed E-state index contributed by atoms with van der Waals surface area (Å²) in [5, 5.41) is 6.81. The van der Waals surface area contributed by atoms with E-state index >= 15 is 0 Å². The Hall–Kier alpha value is -2.98. The molecule has 4 rings (SSSR count). The van der Waals surface area contributed by atoms with Gasteiger partial charge in [0.25, 0.3) is 5.91 Å². The van der Waals surface area contributed by atoms with Crippen molar-refractivity contribution >= 4 is 11.9 Å². The van der Waals surface area contributed by atoms with E-state index in [1.54, 1.807) is 36.3 Å². The van der Waals surface area contributed by atoms with Crippen LogP contribution in [-0.2, 0) is 4.79 Å². The predicted octanol–water partition coefficient (Wildman–Crippen LogP) is 2.89. The molecule has 1 fully saturated rings. The number of halogens is 3. The lowest BCUT2D eigenvalue weighted by Crippen LogP contribution is -2.50. The number of aromatic nitrogens is 3. The zero-order chi connectivity index (χ0) is 22.0. The van der Waals surface area contributed by atoms with E-state index in [2.05, 4.69) is 15.4 Å². The third-order valence-electron chi connectivity index (χ3n) is 5.84. The molecule has 1 aromatic carbocycles. The molecule has 0 radical (unpaired) electrons. The van der Waals surface area contributed by atoms with E-state index in [-0.39, 0.29) is 30.8 Å². The molecule has 0 saturated carbocycles. The molecule has 2 aromatic rings. The van der Waals surface area contributed by atoms with Crippen LogP contribution in [0.5, 0.6) is 11.5 Å². The number of rotatable bonds is 5. The molecule has 11 heteroatoms. The third-order valence-corrected chi connectivity index (χ3v) is 5.84. The minimum atomic E-state index is -4.42. The summed E-state index contributed by atoms with van der Waals surface area (Å²) in [7, 11) is 1.56. The fraction of sp³-hybridized carbons (Fsp3) is 0.550. The van der Waals surface area contributed by atoms with E-state index in [9.17, 15) is 18.0 Å². The van der Waals surface area contributed by atoms with Crippen LogP contribution in [0, 0.1) is 5.92 Å². The molecule has 1 amide bonds. The van der Waals surface area contributed by atoms with E-state index in [1.165, 1.54) is 0 Å².